The fraction of sp³-hybridized carbons (Fsp3) is 0.538. The molecule has 2 N–H and O–H groups in total. The average molecular weight is 300 g/mol. The van der Waals surface area contributed by atoms with Crippen LogP contribution in [0.25, 0.3) is 0 Å². The summed E-state index contributed by atoms with van der Waals surface area (Å²) >= 11 is 0. The summed E-state index contributed by atoms with van der Waals surface area (Å²) in [6.07, 6.45) is 3.36. The first-order valence-electron chi connectivity index (χ1n) is 6.42. The highest BCUT2D eigenvalue weighted by atomic mass is 32.2. The van der Waals surface area contributed by atoms with Gasteiger partial charge in [-0.05, 0) is 30.4 Å². The maximum atomic E-state index is 12.0. The molecule has 1 aromatic heterocycles. The molecule has 1 rings (SSSR count). The molecule has 0 radical (unpaired) electrons. The summed E-state index contributed by atoms with van der Waals surface area (Å²) in [5.41, 5.74) is 0. The predicted octanol–water partition coefficient (Wildman–Crippen LogP) is 1.50. The lowest BCUT2D eigenvalue weighted by Gasteiger charge is -2.17. The zero-order valence-electron chi connectivity index (χ0n) is 11.6. The highest BCUT2D eigenvalue weighted by Crippen LogP contribution is 2.16. The molecular weight excluding hydrogens is 280 g/mol. The molecule has 0 bridgehead atoms. The molecule has 1 heterocycles. The van der Waals surface area contributed by atoms with Crippen molar-refractivity contribution in [1.82, 2.24) is 9.71 Å². The van der Waals surface area contributed by atoms with E-state index >= 15 is 0 Å². The number of nitrogens with one attached hydrogen (secondary N) is 1. The van der Waals surface area contributed by atoms with E-state index in [1.165, 1.54) is 24.5 Å². The number of carboxylic acid groups (broad SMARTS) is 1. The summed E-state index contributed by atoms with van der Waals surface area (Å²) in [6.45, 7) is 4.07. The van der Waals surface area contributed by atoms with Gasteiger partial charge in [0.2, 0.25) is 10.0 Å². The van der Waals surface area contributed by atoms with Crippen molar-refractivity contribution < 1.29 is 18.3 Å². The third-order valence-electron chi connectivity index (χ3n) is 2.77. The van der Waals surface area contributed by atoms with Crippen LogP contribution >= 0.6 is 0 Å². The van der Waals surface area contributed by atoms with Crippen molar-refractivity contribution in [3.63, 3.8) is 0 Å². The second-order valence-corrected chi connectivity index (χ2v) is 6.90. The van der Waals surface area contributed by atoms with Crippen molar-refractivity contribution in [2.45, 2.75) is 31.6 Å². The van der Waals surface area contributed by atoms with E-state index in [0.29, 0.717) is 12.3 Å². The summed E-state index contributed by atoms with van der Waals surface area (Å²) in [5, 5.41) is 8.86. The molecule has 1 atom stereocenters. The Morgan fingerprint density at radius 3 is 2.65 bits per heavy atom. The maximum absolute atomic E-state index is 12.0. The van der Waals surface area contributed by atoms with E-state index < -0.39 is 16.0 Å². The summed E-state index contributed by atoms with van der Waals surface area (Å²) in [6, 6.07) is 2.99. The Hall–Kier alpha value is -1.47. The highest BCUT2D eigenvalue weighted by Gasteiger charge is 2.19. The van der Waals surface area contributed by atoms with E-state index in [9.17, 15) is 13.2 Å². The van der Waals surface area contributed by atoms with Crippen LogP contribution in [0, 0.1) is 11.8 Å². The number of aliphatic carboxylic acids is 1. The fourth-order valence-corrected chi connectivity index (χ4v) is 3.05. The molecule has 7 heteroatoms. The van der Waals surface area contributed by atoms with Crippen LogP contribution in [0.5, 0.6) is 0 Å². The molecule has 0 aliphatic carbocycles. The van der Waals surface area contributed by atoms with Crippen molar-refractivity contribution in [2.75, 3.05) is 6.54 Å². The normalized spacial score (nSPS) is 13.3. The zero-order chi connectivity index (χ0) is 15.2. The number of aromatic nitrogens is 1. The Labute approximate surface area is 119 Å². The van der Waals surface area contributed by atoms with Crippen LogP contribution in [0.3, 0.4) is 0 Å². The number of carboxylic acids is 1. The van der Waals surface area contributed by atoms with Gasteiger partial charge >= 0.3 is 5.97 Å². The number of carbonyl (C=O) groups is 1. The molecule has 0 fully saturated rings. The molecule has 6 nitrogen and oxygen atoms in total. The molecular formula is C13H20N2O4S. The van der Waals surface area contributed by atoms with E-state index in [1.807, 2.05) is 13.8 Å². The van der Waals surface area contributed by atoms with E-state index in [1.54, 1.807) is 0 Å². The molecule has 0 saturated carbocycles. The lowest BCUT2D eigenvalue weighted by Crippen LogP contribution is -2.31. The van der Waals surface area contributed by atoms with Gasteiger partial charge in [0.05, 0.1) is 0 Å². The van der Waals surface area contributed by atoms with Gasteiger partial charge in [0.15, 0.2) is 0 Å². The van der Waals surface area contributed by atoms with Gasteiger partial charge in [-0.3, -0.25) is 9.78 Å². The SMILES string of the molecule is CC(C)C[C@H](CNS(=O)(=O)c1cccnc1)CC(=O)O. The molecule has 20 heavy (non-hydrogen) atoms. The smallest absolute Gasteiger partial charge is 0.303 e. The Morgan fingerprint density at radius 2 is 2.15 bits per heavy atom. The Balaban J connectivity index is 2.69. The van der Waals surface area contributed by atoms with E-state index in [4.69, 9.17) is 5.11 Å². The molecule has 0 aliphatic heterocycles. The second kappa shape index (κ2) is 7.35. The summed E-state index contributed by atoms with van der Waals surface area (Å²) in [4.78, 5) is 14.6. The molecule has 112 valence electrons. The van der Waals surface area contributed by atoms with Crippen molar-refractivity contribution in [3.8, 4) is 0 Å². The van der Waals surface area contributed by atoms with Gasteiger partial charge in [-0.1, -0.05) is 13.8 Å². The van der Waals surface area contributed by atoms with Crippen LogP contribution in [0.4, 0.5) is 0 Å². The van der Waals surface area contributed by atoms with E-state index in [-0.39, 0.29) is 23.8 Å². The van der Waals surface area contributed by atoms with E-state index in [2.05, 4.69) is 9.71 Å². The molecule has 1 aromatic rings. The van der Waals surface area contributed by atoms with Crippen LogP contribution in [-0.4, -0.2) is 31.0 Å². The number of hydrogen-bond acceptors (Lipinski definition) is 4. The van der Waals surface area contributed by atoms with Gasteiger partial charge < -0.3 is 5.11 Å². The first-order chi connectivity index (χ1) is 9.31. The van der Waals surface area contributed by atoms with Gasteiger partial charge in [0, 0.05) is 25.4 Å². The van der Waals surface area contributed by atoms with Crippen LogP contribution in [0.1, 0.15) is 26.7 Å². The lowest BCUT2D eigenvalue weighted by atomic mass is 9.94. The maximum Gasteiger partial charge on any atom is 0.303 e. The molecule has 0 amide bonds. The Bertz CT molecular complexity index is 529. The topological polar surface area (TPSA) is 96.4 Å². The minimum absolute atomic E-state index is 0.0479. The largest absolute Gasteiger partial charge is 0.481 e. The van der Waals surface area contributed by atoms with Crippen LogP contribution < -0.4 is 4.72 Å². The van der Waals surface area contributed by atoms with Gasteiger partial charge in [-0.15, -0.1) is 0 Å². The summed E-state index contributed by atoms with van der Waals surface area (Å²) in [7, 11) is -3.63. The van der Waals surface area contributed by atoms with Gasteiger partial charge in [-0.2, -0.15) is 0 Å². The van der Waals surface area contributed by atoms with Gasteiger partial charge in [0.1, 0.15) is 4.90 Å². The van der Waals surface area contributed by atoms with Crippen LogP contribution in [0.2, 0.25) is 0 Å². The quantitative estimate of drug-likeness (QED) is 0.758. The van der Waals surface area contributed by atoms with Gasteiger partial charge in [0.25, 0.3) is 0 Å². The minimum Gasteiger partial charge on any atom is -0.481 e. The lowest BCUT2D eigenvalue weighted by molar-refractivity contribution is -0.138. The molecule has 0 saturated heterocycles. The Kier molecular flexibility index (Phi) is 6.09. The number of pyridine rings is 1. The zero-order valence-corrected chi connectivity index (χ0v) is 12.4. The second-order valence-electron chi connectivity index (χ2n) is 5.13. The fourth-order valence-electron chi connectivity index (χ4n) is 1.97. The molecule has 0 aromatic carbocycles. The third-order valence-corrected chi connectivity index (χ3v) is 4.18. The highest BCUT2D eigenvalue weighted by molar-refractivity contribution is 7.89. The van der Waals surface area contributed by atoms with Crippen LogP contribution in [-0.2, 0) is 14.8 Å². The predicted molar refractivity (Wildman–Crippen MR) is 74.6 cm³/mol. The first kappa shape index (κ1) is 16.6. The monoisotopic (exact) mass is 300 g/mol. The third kappa shape index (κ3) is 5.66. The van der Waals surface area contributed by atoms with Crippen molar-refractivity contribution in [3.05, 3.63) is 24.5 Å². The molecule has 0 unspecified atom stereocenters. The van der Waals surface area contributed by atoms with Crippen molar-refractivity contribution >= 4 is 16.0 Å². The first-order valence-corrected chi connectivity index (χ1v) is 7.91. The Morgan fingerprint density at radius 1 is 1.45 bits per heavy atom. The summed E-state index contributed by atoms with van der Waals surface area (Å²) in [5.74, 6) is -0.836. The number of hydrogen-bond donors (Lipinski definition) is 2. The molecule has 0 aliphatic rings. The standard InChI is InChI=1S/C13H20N2O4S/c1-10(2)6-11(7-13(16)17)8-15-20(18,19)12-4-3-5-14-9-12/h3-5,9-11,15H,6-8H2,1-2H3,(H,16,17)/t11-/m0/s1. The number of nitrogens with zero attached hydrogens (tertiary/aromatic N) is 1. The minimum atomic E-state index is -3.63. The van der Waals surface area contributed by atoms with Gasteiger partial charge in [-0.25, -0.2) is 13.1 Å². The number of sulfonamides is 1. The number of rotatable bonds is 8. The van der Waals surface area contributed by atoms with Crippen LogP contribution in [0.15, 0.2) is 29.4 Å². The summed E-state index contributed by atoms with van der Waals surface area (Å²) < 4.78 is 26.5. The van der Waals surface area contributed by atoms with Crippen molar-refractivity contribution in [1.29, 1.82) is 0 Å². The van der Waals surface area contributed by atoms with E-state index in [0.717, 1.165) is 0 Å². The van der Waals surface area contributed by atoms with Crippen molar-refractivity contribution in [2.24, 2.45) is 11.8 Å². The molecule has 0 spiro atoms. The average Bonchev–Trinajstić information content (AvgIpc) is 2.36.